The maximum absolute atomic E-state index is 12.3. The number of carbonyl (C=O) groups excluding carboxylic acids is 1. The van der Waals surface area contributed by atoms with Gasteiger partial charge >= 0.3 is 0 Å². The van der Waals surface area contributed by atoms with E-state index in [1.165, 1.54) is 6.07 Å². The van der Waals surface area contributed by atoms with Gasteiger partial charge in [0.25, 0.3) is 9.05 Å². The van der Waals surface area contributed by atoms with Crippen LogP contribution in [0.5, 0.6) is 0 Å². The number of likely N-dealkylation sites (tertiary alicyclic amines) is 1. The first-order valence-corrected chi connectivity index (χ1v) is 9.73. The molecule has 1 aromatic heterocycles. The van der Waals surface area contributed by atoms with Crippen molar-refractivity contribution in [2.24, 2.45) is 5.92 Å². The highest BCUT2D eigenvalue weighted by Gasteiger charge is 2.27. The fourth-order valence-electron chi connectivity index (χ4n) is 2.61. The van der Waals surface area contributed by atoms with Crippen LogP contribution in [0.2, 0.25) is 0 Å². The highest BCUT2D eigenvalue weighted by atomic mass is 35.7. The summed E-state index contributed by atoms with van der Waals surface area (Å²) in [7, 11) is 1.59. The lowest BCUT2D eigenvalue weighted by Crippen LogP contribution is -2.44. The fraction of sp³-hybridized carbons (Fsp3) is 0.615. The second-order valence-corrected chi connectivity index (χ2v) is 9.36. The third kappa shape index (κ3) is 3.74. The lowest BCUT2D eigenvalue weighted by Gasteiger charge is -2.36. The van der Waals surface area contributed by atoms with Gasteiger partial charge in [0.2, 0.25) is 5.91 Å². The van der Waals surface area contributed by atoms with Crippen molar-refractivity contribution < 1.29 is 13.2 Å². The predicted octanol–water partition coefficient (Wildman–Crippen LogP) is 2.87. The molecule has 1 aromatic rings. The minimum absolute atomic E-state index is 0.0600. The molecule has 2 rings (SSSR count). The van der Waals surface area contributed by atoms with Crippen molar-refractivity contribution in [3.05, 3.63) is 17.0 Å². The molecule has 0 bridgehead atoms. The van der Waals surface area contributed by atoms with E-state index in [4.69, 9.17) is 10.7 Å². The van der Waals surface area contributed by atoms with Crippen LogP contribution in [0, 0.1) is 5.92 Å². The number of thiophene rings is 1. The third-order valence-electron chi connectivity index (χ3n) is 3.66. The summed E-state index contributed by atoms with van der Waals surface area (Å²) in [6, 6.07) is 3.37. The van der Waals surface area contributed by atoms with Crippen LogP contribution in [-0.4, -0.2) is 31.8 Å². The highest BCUT2D eigenvalue weighted by Crippen LogP contribution is 2.27. The number of rotatable bonds is 3. The van der Waals surface area contributed by atoms with Gasteiger partial charge in [-0.2, -0.15) is 0 Å². The summed E-state index contributed by atoms with van der Waals surface area (Å²) in [4.78, 5) is 14.9. The number of carbonyl (C=O) groups is 1. The van der Waals surface area contributed by atoms with Gasteiger partial charge in [-0.25, -0.2) is 8.42 Å². The Morgan fingerprint density at radius 3 is 2.70 bits per heavy atom. The summed E-state index contributed by atoms with van der Waals surface area (Å²) >= 11 is 1.07. The van der Waals surface area contributed by atoms with Gasteiger partial charge in [0.05, 0.1) is 6.42 Å². The summed E-state index contributed by atoms with van der Waals surface area (Å²) in [5.74, 6) is 0.716. The molecule has 1 amide bonds. The standard InChI is InChI=1S/C13H18ClNO3S2/c1-9-5-6-15(10(2)7-9)12(16)8-11-3-4-13(19-11)20(14,17)18/h3-4,9-10H,5-8H2,1-2H3. The molecular weight excluding hydrogens is 318 g/mol. The van der Waals surface area contributed by atoms with Crippen LogP contribution in [0.4, 0.5) is 0 Å². The molecule has 0 radical (unpaired) electrons. The first kappa shape index (κ1) is 15.8. The Kier molecular flexibility index (Phi) is 4.76. The fourth-order valence-corrected chi connectivity index (χ4v) is 4.73. The van der Waals surface area contributed by atoms with Gasteiger partial charge in [-0.3, -0.25) is 4.79 Å². The smallest absolute Gasteiger partial charge is 0.270 e. The highest BCUT2D eigenvalue weighted by molar-refractivity contribution is 8.15. The molecule has 112 valence electrons. The number of piperidine rings is 1. The zero-order valence-electron chi connectivity index (χ0n) is 11.5. The number of hydrogen-bond donors (Lipinski definition) is 0. The largest absolute Gasteiger partial charge is 0.340 e. The second kappa shape index (κ2) is 6.03. The topological polar surface area (TPSA) is 54.5 Å². The summed E-state index contributed by atoms with van der Waals surface area (Å²) in [6.45, 7) is 5.05. The van der Waals surface area contributed by atoms with Crippen molar-refractivity contribution in [2.75, 3.05) is 6.54 Å². The van der Waals surface area contributed by atoms with E-state index in [0.29, 0.717) is 5.92 Å². The van der Waals surface area contributed by atoms with E-state index in [1.54, 1.807) is 6.07 Å². The Labute approximate surface area is 128 Å². The molecule has 2 unspecified atom stereocenters. The summed E-state index contributed by atoms with van der Waals surface area (Å²) in [5.41, 5.74) is 0. The lowest BCUT2D eigenvalue weighted by molar-refractivity contribution is -0.134. The van der Waals surface area contributed by atoms with E-state index < -0.39 is 9.05 Å². The van der Waals surface area contributed by atoms with Crippen LogP contribution in [0.15, 0.2) is 16.3 Å². The SMILES string of the molecule is CC1CCN(C(=O)Cc2ccc(S(=O)(=O)Cl)s2)C(C)C1. The zero-order valence-corrected chi connectivity index (χ0v) is 13.9. The predicted molar refractivity (Wildman–Crippen MR) is 80.6 cm³/mol. The van der Waals surface area contributed by atoms with E-state index in [-0.39, 0.29) is 22.6 Å². The minimum Gasteiger partial charge on any atom is -0.340 e. The molecule has 0 saturated carbocycles. The van der Waals surface area contributed by atoms with Crippen LogP contribution in [-0.2, 0) is 20.3 Å². The molecule has 2 atom stereocenters. The molecule has 0 N–H and O–H groups in total. The Morgan fingerprint density at radius 1 is 1.45 bits per heavy atom. The van der Waals surface area contributed by atoms with E-state index in [2.05, 4.69) is 13.8 Å². The second-order valence-electron chi connectivity index (χ2n) is 5.40. The Morgan fingerprint density at radius 2 is 2.15 bits per heavy atom. The van der Waals surface area contributed by atoms with Gasteiger partial charge in [-0.05, 0) is 37.8 Å². The third-order valence-corrected chi connectivity index (χ3v) is 6.84. The van der Waals surface area contributed by atoms with Gasteiger partial charge < -0.3 is 4.90 Å². The van der Waals surface area contributed by atoms with Gasteiger partial charge in [0.15, 0.2) is 0 Å². The van der Waals surface area contributed by atoms with Crippen LogP contribution >= 0.6 is 22.0 Å². The van der Waals surface area contributed by atoms with Crippen LogP contribution < -0.4 is 0 Å². The molecule has 20 heavy (non-hydrogen) atoms. The minimum atomic E-state index is -3.69. The molecule has 1 aliphatic rings. The molecule has 7 heteroatoms. The van der Waals surface area contributed by atoms with Crippen molar-refractivity contribution in [3.8, 4) is 0 Å². The van der Waals surface area contributed by atoms with Crippen LogP contribution in [0.3, 0.4) is 0 Å². The lowest BCUT2D eigenvalue weighted by atomic mass is 9.93. The van der Waals surface area contributed by atoms with Crippen molar-refractivity contribution in [1.82, 2.24) is 4.90 Å². The molecular formula is C13H18ClNO3S2. The van der Waals surface area contributed by atoms with Crippen molar-refractivity contribution in [1.29, 1.82) is 0 Å². The number of hydrogen-bond acceptors (Lipinski definition) is 4. The van der Waals surface area contributed by atoms with E-state index in [9.17, 15) is 13.2 Å². The Balaban J connectivity index is 2.03. The normalized spacial score (nSPS) is 23.9. The summed E-state index contributed by atoms with van der Waals surface area (Å²) < 4.78 is 22.5. The number of amides is 1. The monoisotopic (exact) mass is 335 g/mol. The quantitative estimate of drug-likeness (QED) is 0.798. The van der Waals surface area contributed by atoms with E-state index in [0.717, 1.165) is 35.6 Å². The molecule has 0 spiro atoms. The maximum Gasteiger partial charge on any atom is 0.270 e. The first-order chi connectivity index (χ1) is 9.27. The summed E-state index contributed by atoms with van der Waals surface area (Å²) in [6.07, 6.45) is 2.30. The summed E-state index contributed by atoms with van der Waals surface area (Å²) in [5, 5.41) is 0. The van der Waals surface area contributed by atoms with Gasteiger partial charge in [0, 0.05) is 28.1 Å². The van der Waals surface area contributed by atoms with Crippen molar-refractivity contribution in [3.63, 3.8) is 0 Å². The van der Waals surface area contributed by atoms with Crippen LogP contribution in [0.1, 0.15) is 31.6 Å². The number of nitrogens with zero attached hydrogens (tertiary/aromatic N) is 1. The average Bonchev–Trinajstić information content (AvgIpc) is 2.76. The van der Waals surface area contributed by atoms with Crippen molar-refractivity contribution in [2.45, 2.75) is 43.4 Å². The van der Waals surface area contributed by atoms with Crippen LogP contribution in [0.25, 0.3) is 0 Å². The first-order valence-electron chi connectivity index (χ1n) is 6.60. The molecule has 4 nitrogen and oxygen atoms in total. The molecule has 1 saturated heterocycles. The molecule has 1 fully saturated rings. The van der Waals surface area contributed by atoms with E-state index >= 15 is 0 Å². The van der Waals surface area contributed by atoms with E-state index in [1.807, 2.05) is 4.90 Å². The molecule has 0 aliphatic carbocycles. The number of halogens is 1. The Hall–Kier alpha value is -0.590. The maximum atomic E-state index is 12.3. The molecule has 2 heterocycles. The molecule has 0 aromatic carbocycles. The Bertz CT molecular complexity index is 597. The van der Waals surface area contributed by atoms with Gasteiger partial charge in [-0.1, -0.05) is 6.92 Å². The zero-order chi connectivity index (χ0) is 14.9. The molecule has 1 aliphatic heterocycles. The van der Waals surface area contributed by atoms with Gasteiger partial charge in [-0.15, -0.1) is 11.3 Å². The van der Waals surface area contributed by atoms with Crippen molar-refractivity contribution >= 4 is 37.0 Å². The average molecular weight is 336 g/mol. The van der Waals surface area contributed by atoms with Gasteiger partial charge in [0.1, 0.15) is 4.21 Å².